The van der Waals surface area contributed by atoms with Crippen molar-refractivity contribution >= 4 is 23.4 Å². The van der Waals surface area contributed by atoms with Crippen molar-refractivity contribution in [2.45, 2.75) is 50.6 Å². The van der Waals surface area contributed by atoms with Crippen molar-refractivity contribution in [1.82, 2.24) is 9.88 Å². The van der Waals surface area contributed by atoms with Gasteiger partial charge >= 0.3 is 12.8 Å². The normalized spacial score (nSPS) is 19.3. The molecule has 2 unspecified atom stereocenters. The molecular weight excluding hydrogens is 489 g/mol. The Hall–Kier alpha value is -2.56. The van der Waals surface area contributed by atoms with Gasteiger partial charge in [-0.25, -0.2) is 0 Å². The van der Waals surface area contributed by atoms with Crippen molar-refractivity contribution < 1.29 is 31.5 Å². The van der Waals surface area contributed by atoms with Gasteiger partial charge in [0.15, 0.2) is 6.04 Å². The van der Waals surface area contributed by atoms with Gasteiger partial charge in [-0.1, -0.05) is 12.1 Å². The van der Waals surface area contributed by atoms with Crippen LogP contribution in [-0.4, -0.2) is 53.2 Å². The lowest BCUT2D eigenvalue weighted by Crippen LogP contribution is -2.43. The minimum absolute atomic E-state index is 0.132. The molecule has 2 atom stereocenters. The van der Waals surface area contributed by atoms with Gasteiger partial charge in [0.25, 0.3) is 0 Å². The zero-order valence-electron chi connectivity index (χ0n) is 19.0. The third-order valence-corrected chi connectivity index (χ3v) is 7.46. The summed E-state index contributed by atoms with van der Waals surface area (Å²) in [5.41, 5.74) is 1.81. The molecule has 1 aliphatic heterocycles. The highest BCUT2D eigenvalue weighted by Gasteiger charge is 2.47. The number of alkyl halides is 5. The van der Waals surface area contributed by atoms with Crippen LogP contribution in [0.25, 0.3) is 0 Å². The topological polar surface area (TPSA) is 54.5 Å². The average Bonchev–Trinajstić information content (AvgIpc) is 3.22. The summed E-state index contributed by atoms with van der Waals surface area (Å²) in [7, 11) is 1.19. The molecule has 35 heavy (non-hydrogen) atoms. The van der Waals surface area contributed by atoms with Crippen LogP contribution in [0.5, 0.6) is 5.75 Å². The predicted octanol–water partition coefficient (Wildman–Crippen LogP) is 5.47. The maximum Gasteiger partial charge on any atom is 0.414 e. The van der Waals surface area contributed by atoms with E-state index in [0.717, 1.165) is 22.0 Å². The first-order chi connectivity index (χ1) is 16.6. The van der Waals surface area contributed by atoms with Gasteiger partial charge in [-0.3, -0.25) is 9.78 Å². The number of hydrogen-bond donors (Lipinski definition) is 1. The van der Waals surface area contributed by atoms with Gasteiger partial charge in [-0.2, -0.15) is 33.7 Å². The Kier molecular flexibility index (Phi) is 7.73. The first-order valence-electron chi connectivity index (χ1n) is 11.3. The standard InChI is InChI=1S/C24H26F5N3O2S/c1-32(22(33)14-7-9-35-10-8-14)21(24(27,28)29)19-6-5-16(13-30-19)31-17-11-15-3-2-4-20(18(15)12-17)34-23(25)26/h2-6,13-14,17,21,23,31H,7-12H2,1H3. The lowest BCUT2D eigenvalue weighted by molar-refractivity contribution is -0.191. The third-order valence-electron chi connectivity index (χ3n) is 6.42. The molecular formula is C24H26F5N3O2S. The molecule has 0 spiro atoms. The number of pyridine rings is 1. The number of ether oxygens (including phenoxy) is 1. The molecule has 0 bridgehead atoms. The van der Waals surface area contributed by atoms with E-state index in [9.17, 15) is 26.7 Å². The van der Waals surface area contributed by atoms with Crippen LogP contribution in [-0.2, 0) is 17.6 Å². The Morgan fingerprint density at radius 3 is 2.54 bits per heavy atom. The average molecular weight is 516 g/mol. The Morgan fingerprint density at radius 1 is 1.17 bits per heavy atom. The number of nitrogens with one attached hydrogen (secondary N) is 1. The molecule has 0 saturated carbocycles. The van der Waals surface area contributed by atoms with E-state index in [1.54, 1.807) is 17.8 Å². The summed E-state index contributed by atoms with van der Waals surface area (Å²) in [6, 6.07) is 5.46. The number of rotatable bonds is 7. The number of anilines is 1. The Balaban J connectivity index is 1.45. The summed E-state index contributed by atoms with van der Waals surface area (Å²) < 4.78 is 71.9. The van der Waals surface area contributed by atoms with E-state index in [1.807, 2.05) is 6.07 Å². The maximum atomic E-state index is 14.0. The van der Waals surface area contributed by atoms with Crippen molar-refractivity contribution in [2.24, 2.45) is 5.92 Å². The molecule has 5 nitrogen and oxygen atoms in total. The highest BCUT2D eigenvalue weighted by atomic mass is 32.2. The Labute approximate surface area is 204 Å². The number of aromatic nitrogens is 1. The second kappa shape index (κ2) is 10.6. The van der Waals surface area contributed by atoms with Crippen LogP contribution < -0.4 is 10.1 Å². The molecule has 1 aromatic carbocycles. The number of fused-ring (bicyclic) bond motifs is 1. The fourth-order valence-corrected chi connectivity index (χ4v) is 5.87. The molecule has 1 amide bonds. The van der Waals surface area contributed by atoms with Crippen molar-refractivity contribution in [3.05, 3.63) is 53.3 Å². The van der Waals surface area contributed by atoms with E-state index in [0.29, 0.717) is 36.9 Å². The number of hydrogen-bond acceptors (Lipinski definition) is 5. The Morgan fingerprint density at radius 2 is 1.91 bits per heavy atom. The van der Waals surface area contributed by atoms with E-state index in [2.05, 4.69) is 15.0 Å². The quantitative estimate of drug-likeness (QED) is 0.496. The SMILES string of the molecule is CN(C(=O)C1CCSCC1)C(c1ccc(NC2Cc3cccc(OC(F)F)c3C2)cn1)C(F)(F)F. The minimum atomic E-state index is -4.68. The van der Waals surface area contributed by atoms with Gasteiger partial charge < -0.3 is 15.0 Å². The molecule has 0 radical (unpaired) electrons. The second-order valence-electron chi connectivity index (χ2n) is 8.77. The number of nitrogens with zero attached hydrogens (tertiary/aromatic N) is 2. The van der Waals surface area contributed by atoms with Crippen LogP contribution >= 0.6 is 11.8 Å². The number of carbonyl (C=O) groups is 1. The van der Waals surface area contributed by atoms with Crippen molar-refractivity contribution in [2.75, 3.05) is 23.9 Å². The lowest BCUT2D eigenvalue weighted by Gasteiger charge is -2.33. The third kappa shape index (κ3) is 5.99. The van der Waals surface area contributed by atoms with Crippen LogP contribution in [0.15, 0.2) is 36.5 Å². The second-order valence-corrected chi connectivity index (χ2v) is 10.00. The van der Waals surface area contributed by atoms with Crippen LogP contribution in [0, 0.1) is 5.92 Å². The van der Waals surface area contributed by atoms with E-state index in [-0.39, 0.29) is 17.5 Å². The van der Waals surface area contributed by atoms with Crippen molar-refractivity contribution in [1.29, 1.82) is 0 Å². The van der Waals surface area contributed by atoms with Crippen LogP contribution in [0.1, 0.15) is 35.7 Å². The number of thioether (sulfide) groups is 1. The molecule has 2 aliphatic rings. The highest BCUT2D eigenvalue weighted by Crippen LogP contribution is 2.38. The summed E-state index contributed by atoms with van der Waals surface area (Å²) in [4.78, 5) is 17.6. The van der Waals surface area contributed by atoms with Crippen LogP contribution in [0.3, 0.4) is 0 Å². The van der Waals surface area contributed by atoms with E-state index < -0.39 is 30.7 Å². The molecule has 11 heteroatoms. The molecule has 1 aromatic heterocycles. The van der Waals surface area contributed by atoms with Gasteiger partial charge in [0.2, 0.25) is 5.91 Å². The van der Waals surface area contributed by atoms with Gasteiger partial charge in [0, 0.05) is 19.0 Å². The first-order valence-corrected chi connectivity index (χ1v) is 12.5. The number of benzene rings is 1. The monoisotopic (exact) mass is 515 g/mol. The minimum Gasteiger partial charge on any atom is -0.435 e. The number of amides is 1. The highest BCUT2D eigenvalue weighted by molar-refractivity contribution is 7.99. The first kappa shape index (κ1) is 25.5. The van der Waals surface area contributed by atoms with Gasteiger partial charge in [-0.05, 0) is 66.5 Å². The fourth-order valence-electron chi connectivity index (χ4n) is 4.76. The molecule has 1 fully saturated rings. The van der Waals surface area contributed by atoms with Crippen LogP contribution in [0.4, 0.5) is 27.6 Å². The molecule has 4 rings (SSSR count). The van der Waals surface area contributed by atoms with Crippen LogP contribution in [0.2, 0.25) is 0 Å². The molecule has 190 valence electrons. The zero-order chi connectivity index (χ0) is 25.2. The summed E-state index contributed by atoms with van der Waals surface area (Å²) in [5.74, 6) is 0.741. The molecule has 1 N–H and O–H groups in total. The molecule has 1 saturated heterocycles. The van der Waals surface area contributed by atoms with Gasteiger partial charge in [0.1, 0.15) is 5.75 Å². The predicted molar refractivity (Wildman–Crippen MR) is 124 cm³/mol. The zero-order valence-corrected chi connectivity index (χ0v) is 19.8. The lowest BCUT2D eigenvalue weighted by atomic mass is 9.99. The molecule has 2 heterocycles. The summed E-state index contributed by atoms with van der Waals surface area (Å²) >= 11 is 1.70. The summed E-state index contributed by atoms with van der Waals surface area (Å²) in [6.45, 7) is -2.92. The summed E-state index contributed by atoms with van der Waals surface area (Å²) in [6.07, 6.45) is -1.24. The van der Waals surface area contributed by atoms with Crippen molar-refractivity contribution in [3.63, 3.8) is 0 Å². The van der Waals surface area contributed by atoms with Gasteiger partial charge in [-0.15, -0.1) is 0 Å². The summed E-state index contributed by atoms with van der Waals surface area (Å²) in [5, 5.41) is 3.21. The van der Waals surface area contributed by atoms with E-state index >= 15 is 0 Å². The van der Waals surface area contributed by atoms with Gasteiger partial charge in [0.05, 0.1) is 17.6 Å². The molecule has 2 aromatic rings. The smallest absolute Gasteiger partial charge is 0.414 e. The van der Waals surface area contributed by atoms with E-state index in [1.165, 1.54) is 31.4 Å². The van der Waals surface area contributed by atoms with Crippen molar-refractivity contribution in [3.8, 4) is 5.75 Å². The maximum absolute atomic E-state index is 14.0. The molecule has 1 aliphatic carbocycles. The number of halogens is 5. The fraction of sp³-hybridized carbons (Fsp3) is 0.500. The largest absolute Gasteiger partial charge is 0.435 e. The Bertz CT molecular complexity index is 1030. The number of carbonyl (C=O) groups excluding carboxylic acids is 1. The van der Waals surface area contributed by atoms with E-state index in [4.69, 9.17) is 0 Å².